The van der Waals surface area contributed by atoms with E-state index in [4.69, 9.17) is 11.6 Å². The molecule has 1 heterocycles. The van der Waals surface area contributed by atoms with Crippen LogP contribution in [-0.2, 0) is 6.54 Å². The molecule has 0 radical (unpaired) electrons. The standard InChI is InChI=1S/C17H15ClFNO/c18-15-7-6-14(10-16(15)19)17(21)13-4-2-12(3-5-13)11-20-8-1-9-20/h2-7,10H,1,8-9,11H2. The molecule has 0 aliphatic carbocycles. The maximum Gasteiger partial charge on any atom is 0.193 e. The van der Waals surface area contributed by atoms with Gasteiger partial charge in [-0.2, -0.15) is 0 Å². The Balaban J connectivity index is 1.75. The van der Waals surface area contributed by atoms with E-state index in [-0.39, 0.29) is 10.8 Å². The molecule has 2 aromatic carbocycles. The van der Waals surface area contributed by atoms with E-state index in [1.165, 1.54) is 24.1 Å². The third-order valence-electron chi connectivity index (χ3n) is 3.75. The van der Waals surface area contributed by atoms with E-state index in [2.05, 4.69) is 4.90 Å². The molecule has 0 aromatic heterocycles. The zero-order valence-corrected chi connectivity index (χ0v) is 12.2. The molecule has 1 aliphatic rings. The minimum absolute atomic E-state index is 0.0245. The van der Waals surface area contributed by atoms with Crippen molar-refractivity contribution in [3.05, 3.63) is 70.0 Å². The molecule has 0 saturated carbocycles. The average Bonchev–Trinajstić information content (AvgIpc) is 2.46. The first-order chi connectivity index (χ1) is 10.1. The Morgan fingerprint density at radius 1 is 1.10 bits per heavy atom. The summed E-state index contributed by atoms with van der Waals surface area (Å²) in [6.45, 7) is 3.21. The van der Waals surface area contributed by atoms with E-state index < -0.39 is 5.82 Å². The molecule has 0 amide bonds. The van der Waals surface area contributed by atoms with Gasteiger partial charge in [0, 0.05) is 17.7 Å². The predicted molar refractivity (Wildman–Crippen MR) is 81.2 cm³/mol. The lowest BCUT2D eigenvalue weighted by Gasteiger charge is -2.30. The van der Waals surface area contributed by atoms with Crippen molar-refractivity contribution in [1.82, 2.24) is 4.90 Å². The Morgan fingerprint density at radius 2 is 1.76 bits per heavy atom. The first-order valence-electron chi connectivity index (χ1n) is 6.94. The third kappa shape index (κ3) is 3.14. The molecular weight excluding hydrogens is 289 g/mol. The van der Waals surface area contributed by atoms with Crippen molar-refractivity contribution in [3.63, 3.8) is 0 Å². The summed E-state index contributed by atoms with van der Waals surface area (Å²) in [6, 6.07) is 11.6. The number of likely N-dealkylation sites (tertiary alicyclic amines) is 1. The lowest BCUT2D eigenvalue weighted by molar-refractivity contribution is 0.103. The first kappa shape index (κ1) is 14.2. The summed E-state index contributed by atoms with van der Waals surface area (Å²) < 4.78 is 13.4. The molecule has 0 spiro atoms. The number of rotatable bonds is 4. The van der Waals surface area contributed by atoms with Gasteiger partial charge in [-0.1, -0.05) is 35.9 Å². The number of halogens is 2. The highest BCUT2D eigenvalue weighted by atomic mass is 35.5. The van der Waals surface area contributed by atoms with E-state index in [1.54, 1.807) is 18.2 Å². The van der Waals surface area contributed by atoms with Crippen molar-refractivity contribution >= 4 is 17.4 Å². The van der Waals surface area contributed by atoms with Gasteiger partial charge in [-0.3, -0.25) is 9.69 Å². The van der Waals surface area contributed by atoms with Crippen LogP contribution >= 0.6 is 11.6 Å². The smallest absolute Gasteiger partial charge is 0.193 e. The molecule has 108 valence electrons. The number of nitrogens with zero attached hydrogens (tertiary/aromatic N) is 1. The summed E-state index contributed by atoms with van der Waals surface area (Å²) in [4.78, 5) is 14.6. The average molecular weight is 304 g/mol. The van der Waals surface area contributed by atoms with Crippen LogP contribution in [0.25, 0.3) is 0 Å². The van der Waals surface area contributed by atoms with Gasteiger partial charge in [0.05, 0.1) is 5.02 Å². The van der Waals surface area contributed by atoms with Crippen molar-refractivity contribution in [2.45, 2.75) is 13.0 Å². The number of carbonyl (C=O) groups excluding carboxylic acids is 1. The van der Waals surface area contributed by atoms with Crippen LogP contribution in [0.2, 0.25) is 5.02 Å². The Hall–Kier alpha value is -1.71. The Morgan fingerprint density at radius 3 is 2.33 bits per heavy atom. The van der Waals surface area contributed by atoms with E-state index in [9.17, 15) is 9.18 Å². The topological polar surface area (TPSA) is 20.3 Å². The predicted octanol–water partition coefficient (Wildman–Crippen LogP) is 3.92. The summed E-state index contributed by atoms with van der Waals surface area (Å²) in [5.74, 6) is -0.766. The van der Waals surface area contributed by atoms with Gasteiger partial charge in [0.25, 0.3) is 0 Å². The molecule has 2 aromatic rings. The van der Waals surface area contributed by atoms with Gasteiger partial charge in [-0.05, 0) is 43.3 Å². The number of ketones is 1. The molecular formula is C17H15ClFNO. The van der Waals surface area contributed by atoms with Crippen molar-refractivity contribution < 1.29 is 9.18 Å². The Kier molecular flexibility index (Phi) is 4.04. The van der Waals surface area contributed by atoms with Gasteiger partial charge < -0.3 is 0 Å². The van der Waals surface area contributed by atoms with Crippen LogP contribution in [0.15, 0.2) is 42.5 Å². The zero-order valence-electron chi connectivity index (χ0n) is 11.5. The zero-order chi connectivity index (χ0) is 14.8. The highest BCUT2D eigenvalue weighted by Gasteiger charge is 2.15. The lowest BCUT2D eigenvalue weighted by atomic mass is 10.0. The van der Waals surface area contributed by atoms with E-state index in [1.807, 2.05) is 12.1 Å². The highest BCUT2D eigenvalue weighted by molar-refractivity contribution is 6.30. The number of hydrogen-bond donors (Lipinski definition) is 0. The van der Waals surface area contributed by atoms with E-state index in [0.717, 1.165) is 19.6 Å². The molecule has 0 unspecified atom stereocenters. The van der Waals surface area contributed by atoms with Crippen molar-refractivity contribution in [1.29, 1.82) is 0 Å². The molecule has 21 heavy (non-hydrogen) atoms. The van der Waals surface area contributed by atoms with Crippen LogP contribution in [-0.4, -0.2) is 23.8 Å². The van der Waals surface area contributed by atoms with Crippen LogP contribution < -0.4 is 0 Å². The molecule has 0 N–H and O–H groups in total. The third-order valence-corrected chi connectivity index (χ3v) is 4.06. The van der Waals surface area contributed by atoms with Crippen LogP contribution in [0.1, 0.15) is 27.9 Å². The number of benzene rings is 2. The highest BCUT2D eigenvalue weighted by Crippen LogP contribution is 2.19. The molecule has 1 fully saturated rings. The largest absolute Gasteiger partial charge is 0.299 e. The summed E-state index contributed by atoms with van der Waals surface area (Å²) in [5.41, 5.74) is 2.06. The summed E-state index contributed by atoms with van der Waals surface area (Å²) in [7, 11) is 0. The normalized spacial score (nSPS) is 14.8. The van der Waals surface area contributed by atoms with Crippen LogP contribution in [0, 0.1) is 5.82 Å². The fraction of sp³-hybridized carbons (Fsp3) is 0.235. The first-order valence-corrected chi connectivity index (χ1v) is 7.32. The monoisotopic (exact) mass is 303 g/mol. The molecule has 1 aliphatic heterocycles. The summed E-state index contributed by atoms with van der Waals surface area (Å²) in [6.07, 6.45) is 1.26. The molecule has 3 rings (SSSR count). The molecule has 1 saturated heterocycles. The van der Waals surface area contributed by atoms with Gasteiger partial charge in [0.2, 0.25) is 0 Å². The van der Waals surface area contributed by atoms with Crippen LogP contribution in [0.3, 0.4) is 0 Å². The van der Waals surface area contributed by atoms with Gasteiger partial charge in [0.15, 0.2) is 5.78 Å². The van der Waals surface area contributed by atoms with Gasteiger partial charge in [-0.25, -0.2) is 4.39 Å². The number of hydrogen-bond acceptors (Lipinski definition) is 2. The Bertz CT molecular complexity index is 665. The van der Waals surface area contributed by atoms with Crippen LogP contribution in [0.4, 0.5) is 4.39 Å². The lowest BCUT2D eigenvalue weighted by Crippen LogP contribution is -2.36. The quantitative estimate of drug-likeness (QED) is 0.798. The van der Waals surface area contributed by atoms with Crippen molar-refractivity contribution in [2.75, 3.05) is 13.1 Å². The maximum absolute atomic E-state index is 13.4. The van der Waals surface area contributed by atoms with Crippen LogP contribution in [0.5, 0.6) is 0 Å². The summed E-state index contributed by atoms with van der Waals surface area (Å²) in [5, 5.41) is 0.0245. The second kappa shape index (κ2) is 5.96. The van der Waals surface area contributed by atoms with Gasteiger partial charge >= 0.3 is 0 Å². The van der Waals surface area contributed by atoms with Crippen molar-refractivity contribution in [3.8, 4) is 0 Å². The fourth-order valence-corrected chi connectivity index (χ4v) is 2.48. The summed E-state index contributed by atoms with van der Waals surface area (Å²) >= 11 is 5.63. The molecule has 4 heteroatoms. The minimum Gasteiger partial charge on any atom is -0.299 e. The Labute approximate surface area is 128 Å². The number of carbonyl (C=O) groups is 1. The second-order valence-electron chi connectivity index (χ2n) is 5.28. The second-order valence-corrected chi connectivity index (χ2v) is 5.69. The molecule has 0 atom stereocenters. The SMILES string of the molecule is O=C(c1ccc(CN2CCC2)cc1)c1ccc(Cl)c(F)c1. The fourth-order valence-electron chi connectivity index (χ4n) is 2.36. The van der Waals surface area contributed by atoms with E-state index in [0.29, 0.717) is 11.1 Å². The minimum atomic E-state index is -0.572. The van der Waals surface area contributed by atoms with Gasteiger partial charge in [0.1, 0.15) is 5.82 Å². The molecule has 2 nitrogen and oxygen atoms in total. The molecule has 0 bridgehead atoms. The van der Waals surface area contributed by atoms with E-state index >= 15 is 0 Å². The van der Waals surface area contributed by atoms with Crippen molar-refractivity contribution in [2.24, 2.45) is 0 Å². The van der Waals surface area contributed by atoms with Gasteiger partial charge in [-0.15, -0.1) is 0 Å². The maximum atomic E-state index is 13.4.